The summed E-state index contributed by atoms with van der Waals surface area (Å²) in [7, 11) is 0. The van der Waals surface area contributed by atoms with Crippen LogP contribution in [0.1, 0.15) is 11.1 Å². The van der Waals surface area contributed by atoms with E-state index in [0.29, 0.717) is 18.7 Å². The van der Waals surface area contributed by atoms with Gasteiger partial charge in [-0.05, 0) is 11.6 Å². The van der Waals surface area contributed by atoms with Crippen LogP contribution in [-0.2, 0) is 13.2 Å². The van der Waals surface area contributed by atoms with Crippen molar-refractivity contribution < 1.29 is 9.50 Å². The summed E-state index contributed by atoms with van der Waals surface area (Å²) in [6.45, 7) is 4.05. The SMILES string of the molecule is C=CCNC(N)=NCc1ccc(CO)c(F)c1. The number of guanidine groups is 1. The zero-order valence-corrected chi connectivity index (χ0v) is 9.49. The molecule has 0 aliphatic rings. The molecule has 5 heteroatoms. The minimum absolute atomic E-state index is 0.274. The molecule has 92 valence electrons. The third-order valence-corrected chi connectivity index (χ3v) is 2.15. The number of benzene rings is 1. The molecule has 4 nitrogen and oxygen atoms in total. The quantitative estimate of drug-likeness (QED) is 0.405. The molecule has 0 saturated carbocycles. The Morgan fingerprint density at radius 2 is 2.35 bits per heavy atom. The van der Waals surface area contributed by atoms with Crippen LogP contribution in [-0.4, -0.2) is 17.6 Å². The summed E-state index contributed by atoms with van der Waals surface area (Å²) in [6, 6.07) is 4.59. The van der Waals surface area contributed by atoms with Crippen LogP contribution in [0.3, 0.4) is 0 Å². The molecule has 0 fully saturated rings. The van der Waals surface area contributed by atoms with Gasteiger partial charge in [0.15, 0.2) is 5.96 Å². The van der Waals surface area contributed by atoms with E-state index in [-0.39, 0.29) is 18.1 Å². The summed E-state index contributed by atoms with van der Waals surface area (Å²) in [6.07, 6.45) is 1.66. The largest absolute Gasteiger partial charge is 0.392 e. The molecule has 0 unspecified atom stereocenters. The molecular formula is C12H16FN3O. The Labute approximate surface area is 99.7 Å². The number of aliphatic hydroxyl groups is 1. The molecule has 0 heterocycles. The van der Waals surface area contributed by atoms with Crippen LogP contribution in [0.15, 0.2) is 35.8 Å². The molecular weight excluding hydrogens is 221 g/mol. The standard InChI is InChI=1S/C12H16FN3O/c1-2-5-15-12(14)16-7-9-3-4-10(8-17)11(13)6-9/h2-4,6,17H,1,5,7-8H2,(H3,14,15,16). The normalized spacial score (nSPS) is 11.3. The second kappa shape index (κ2) is 6.65. The zero-order chi connectivity index (χ0) is 12.7. The Bertz CT molecular complexity index is 418. The van der Waals surface area contributed by atoms with Gasteiger partial charge in [0.25, 0.3) is 0 Å². The predicted molar refractivity (Wildman–Crippen MR) is 65.8 cm³/mol. The molecule has 0 bridgehead atoms. The maximum absolute atomic E-state index is 13.3. The number of nitrogens with two attached hydrogens (primary N) is 1. The van der Waals surface area contributed by atoms with Crippen molar-refractivity contribution in [3.63, 3.8) is 0 Å². The first-order valence-electron chi connectivity index (χ1n) is 5.20. The number of aliphatic imine (C=N–C) groups is 1. The maximum atomic E-state index is 13.3. The summed E-state index contributed by atoms with van der Waals surface area (Å²) >= 11 is 0. The van der Waals surface area contributed by atoms with E-state index in [9.17, 15) is 4.39 Å². The molecule has 17 heavy (non-hydrogen) atoms. The summed E-state index contributed by atoms with van der Waals surface area (Å²) in [4.78, 5) is 4.03. The van der Waals surface area contributed by atoms with Gasteiger partial charge in [-0.3, -0.25) is 0 Å². The molecule has 0 aliphatic heterocycles. The van der Waals surface area contributed by atoms with Gasteiger partial charge in [0.1, 0.15) is 5.82 Å². The van der Waals surface area contributed by atoms with Crippen LogP contribution < -0.4 is 11.1 Å². The van der Waals surface area contributed by atoms with Crippen LogP contribution in [0, 0.1) is 5.82 Å². The first-order valence-corrected chi connectivity index (χ1v) is 5.20. The molecule has 0 spiro atoms. The van der Waals surface area contributed by atoms with Crippen molar-refractivity contribution in [2.24, 2.45) is 10.7 Å². The third kappa shape index (κ3) is 4.24. The molecule has 0 aromatic heterocycles. The molecule has 1 aromatic carbocycles. The van der Waals surface area contributed by atoms with E-state index in [2.05, 4.69) is 16.9 Å². The second-order valence-electron chi connectivity index (χ2n) is 3.45. The number of hydrogen-bond donors (Lipinski definition) is 3. The van der Waals surface area contributed by atoms with Gasteiger partial charge < -0.3 is 16.2 Å². The van der Waals surface area contributed by atoms with E-state index >= 15 is 0 Å². The molecule has 1 rings (SSSR count). The van der Waals surface area contributed by atoms with Gasteiger partial charge in [0.2, 0.25) is 0 Å². The van der Waals surface area contributed by atoms with Gasteiger partial charge in [0.05, 0.1) is 13.2 Å². The van der Waals surface area contributed by atoms with Crippen molar-refractivity contribution in [1.29, 1.82) is 0 Å². The highest BCUT2D eigenvalue weighted by Crippen LogP contribution is 2.11. The Balaban J connectivity index is 2.63. The van der Waals surface area contributed by atoms with E-state index < -0.39 is 5.82 Å². The van der Waals surface area contributed by atoms with Crippen molar-refractivity contribution >= 4 is 5.96 Å². The van der Waals surface area contributed by atoms with Crippen molar-refractivity contribution in [2.75, 3.05) is 6.54 Å². The highest BCUT2D eigenvalue weighted by atomic mass is 19.1. The molecule has 0 aliphatic carbocycles. The van der Waals surface area contributed by atoms with Crippen molar-refractivity contribution in [2.45, 2.75) is 13.2 Å². The number of nitrogens with zero attached hydrogens (tertiary/aromatic N) is 1. The van der Waals surface area contributed by atoms with Crippen LogP contribution in [0.2, 0.25) is 0 Å². The number of nitrogens with one attached hydrogen (secondary N) is 1. The van der Waals surface area contributed by atoms with Crippen LogP contribution in [0.25, 0.3) is 0 Å². The van der Waals surface area contributed by atoms with E-state index in [4.69, 9.17) is 10.8 Å². The van der Waals surface area contributed by atoms with Gasteiger partial charge in [-0.2, -0.15) is 0 Å². The lowest BCUT2D eigenvalue weighted by molar-refractivity contribution is 0.275. The first kappa shape index (κ1) is 13.2. The van der Waals surface area contributed by atoms with Gasteiger partial charge in [-0.15, -0.1) is 6.58 Å². The number of hydrogen-bond acceptors (Lipinski definition) is 2. The fourth-order valence-corrected chi connectivity index (χ4v) is 1.23. The molecule has 0 atom stereocenters. The Morgan fingerprint density at radius 3 is 2.94 bits per heavy atom. The average molecular weight is 237 g/mol. The predicted octanol–water partition coefficient (Wildman–Crippen LogP) is 0.908. The lowest BCUT2D eigenvalue weighted by Gasteiger charge is -2.04. The highest BCUT2D eigenvalue weighted by Gasteiger charge is 2.01. The number of halogens is 1. The van der Waals surface area contributed by atoms with E-state index in [1.165, 1.54) is 12.1 Å². The van der Waals surface area contributed by atoms with E-state index in [1.54, 1.807) is 12.1 Å². The summed E-state index contributed by atoms with van der Waals surface area (Å²) in [5, 5.41) is 11.6. The summed E-state index contributed by atoms with van der Waals surface area (Å²) < 4.78 is 13.3. The summed E-state index contributed by atoms with van der Waals surface area (Å²) in [5.41, 5.74) is 6.53. The van der Waals surface area contributed by atoms with Crippen molar-refractivity contribution in [3.05, 3.63) is 47.8 Å². The van der Waals surface area contributed by atoms with Gasteiger partial charge in [-0.1, -0.05) is 18.2 Å². The smallest absolute Gasteiger partial charge is 0.189 e. The van der Waals surface area contributed by atoms with Gasteiger partial charge in [-0.25, -0.2) is 9.38 Å². The minimum atomic E-state index is -0.433. The molecule has 1 aromatic rings. The molecule has 0 radical (unpaired) electrons. The van der Waals surface area contributed by atoms with Crippen LogP contribution >= 0.6 is 0 Å². The van der Waals surface area contributed by atoms with Crippen LogP contribution in [0.4, 0.5) is 4.39 Å². The maximum Gasteiger partial charge on any atom is 0.189 e. The lowest BCUT2D eigenvalue weighted by Crippen LogP contribution is -2.31. The number of rotatable bonds is 5. The van der Waals surface area contributed by atoms with Gasteiger partial charge >= 0.3 is 0 Å². The fraction of sp³-hybridized carbons (Fsp3) is 0.250. The molecule has 0 saturated heterocycles. The van der Waals surface area contributed by atoms with E-state index in [0.717, 1.165) is 0 Å². The second-order valence-corrected chi connectivity index (χ2v) is 3.45. The Morgan fingerprint density at radius 1 is 1.59 bits per heavy atom. The molecule has 0 amide bonds. The zero-order valence-electron chi connectivity index (χ0n) is 9.49. The third-order valence-electron chi connectivity index (χ3n) is 2.15. The Hall–Kier alpha value is -1.88. The van der Waals surface area contributed by atoms with Crippen molar-refractivity contribution in [3.8, 4) is 0 Å². The minimum Gasteiger partial charge on any atom is -0.392 e. The topological polar surface area (TPSA) is 70.6 Å². The van der Waals surface area contributed by atoms with Crippen LogP contribution in [0.5, 0.6) is 0 Å². The Kier molecular flexibility index (Phi) is 5.16. The van der Waals surface area contributed by atoms with E-state index in [1.807, 2.05) is 0 Å². The summed E-state index contributed by atoms with van der Waals surface area (Å²) in [5.74, 6) is -0.144. The number of aliphatic hydroxyl groups excluding tert-OH is 1. The monoisotopic (exact) mass is 237 g/mol. The van der Waals surface area contributed by atoms with Gasteiger partial charge in [0, 0.05) is 12.1 Å². The molecule has 4 N–H and O–H groups in total. The average Bonchev–Trinajstić information content (AvgIpc) is 2.34. The highest BCUT2D eigenvalue weighted by molar-refractivity contribution is 5.77. The fourth-order valence-electron chi connectivity index (χ4n) is 1.23. The first-order chi connectivity index (χ1) is 8.17. The van der Waals surface area contributed by atoms with Crippen molar-refractivity contribution in [1.82, 2.24) is 5.32 Å². The lowest BCUT2D eigenvalue weighted by atomic mass is 10.1.